The molecule has 0 atom stereocenters. The molecular weight excluding hydrogens is 335 g/mol. The zero-order valence-corrected chi connectivity index (χ0v) is 13.3. The van der Waals surface area contributed by atoms with Crippen molar-refractivity contribution in [1.29, 1.82) is 0 Å². The van der Waals surface area contributed by atoms with Gasteiger partial charge in [0.05, 0.1) is 10.0 Å². The Bertz CT molecular complexity index is 825. The maximum absolute atomic E-state index is 6.11. The van der Waals surface area contributed by atoms with E-state index in [4.69, 9.17) is 28.9 Å². The average molecular weight is 347 g/mol. The number of pyridine rings is 1. The van der Waals surface area contributed by atoms with Crippen molar-refractivity contribution in [2.75, 3.05) is 16.4 Å². The van der Waals surface area contributed by atoms with Gasteiger partial charge >= 0.3 is 0 Å². The Morgan fingerprint density at radius 2 is 1.65 bits per heavy atom. The van der Waals surface area contributed by atoms with Crippen molar-refractivity contribution in [1.82, 2.24) is 15.0 Å². The molecule has 8 heteroatoms. The number of rotatable bonds is 4. The third kappa shape index (κ3) is 3.61. The minimum atomic E-state index is 0.365. The molecule has 0 unspecified atom stereocenters. The maximum Gasteiger partial charge on any atom is 0.160 e. The smallest absolute Gasteiger partial charge is 0.160 e. The summed E-state index contributed by atoms with van der Waals surface area (Å²) in [7, 11) is 0. The van der Waals surface area contributed by atoms with Crippen LogP contribution < -0.4 is 16.4 Å². The fourth-order valence-corrected chi connectivity index (χ4v) is 2.16. The molecule has 0 fully saturated rings. The van der Waals surface area contributed by atoms with E-state index in [1.807, 2.05) is 18.2 Å². The van der Waals surface area contributed by atoms with Crippen molar-refractivity contribution in [3.8, 4) is 0 Å². The third-order valence-corrected chi connectivity index (χ3v) is 3.72. The summed E-state index contributed by atoms with van der Waals surface area (Å²) in [4.78, 5) is 12.4. The summed E-state index contributed by atoms with van der Waals surface area (Å²) in [5, 5.41) is 7.05. The molecule has 3 aromatic rings. The number of nitrogens with one attached hydrogen (secondary N) is 2. The summed E-state index contributed by atoms with van der Waals surface area (Å²) in [6, 6.07) is 10.7. The Labute approximate surface area is 142 Å². The van der Waals surface area contributed by atoms with Crippen LogP contribution in [0.25, 0.3) is 0 Å². The lowest BCUT2D eigenvalue weighted by atomic mass is 10.3. The topological polar surface area (TPSA) is 88.8 Å². The number of nitrogens with zero attached hydrogens (tertiary/aromatic N) is 3. The molecule has 3 rings (SSSR count). The molecule has 0 radical (unpaired) electrons. The van der Waals surface area contributed by atoms with Gasteiger partial charge in [-0.2, -0.15) is 0 Å². The molecule has 23 heavy (non-hydrogen) atoms. The number of benzene rings is 1. The summed E-state index contributed by atoms with van der Waals surface area (Å²) in [5.74, 6) is 1.55. The Morgan fingerprint density at radius 3 is 2.35 bits per heavy atom. The van der Waals surface area contributed by atoms with Gasteiger partial charge in [0, 0.05) is 11.9 Å². The second-order valence-corrected chi connectivity index (χ2v) is 5.39. The lowest BCUT2D eigenvalue weighted by Gasteiger charge is -2.12. The molecule has 0 saturated carbocycles. The highest BCUT2D eigenvalue weighted by atomic mass is 35.5. The maximum atomic E-state index is 6.11. The quantitative estimate of drug-likeness (QED) is 0.654. The van der Waals surface area contributed by atoms with Crippen molar-refractivity contribution >= 4 is 52.0 Å². The van der Waals surface area contributed by atoms with Gasteiger partial charge in [-0.05, 0) is 30.3 Å². The molecule has 0 aliphatic rings. The fraction of sp³-hybridized carbons (Fsp3) is 0. The number of nitrogens with two attached hydrogens (primary N) is 1. The predicted octanol–water partition coefficient (Wildman–Crippen LogP) is 4.25. The largest absolute Gasteiger partial charge is 0.393 e. The fourth-order valence-electron chi connectivity index (χ4n) is 1.86. The molecule has 0 amide bonds. The highest BCUT2D eigenvalue weighted by molar-refractivity contribution is 6.42. The lowest BCUT2D eigenvalue weighted by Crippen LogP contribution is -2.05. The molecule has 0 aliphatic heterocycles. The minimum Gasteiger partial charge on any atom is -0.393 e. The minimum absolute atomic E-state index is 0.365. The van der Waals surface area contributed by atoms with Crippen LogP contribution in [-0.2, 0) is 0 Å². The second-order valence-electron chi connectivity index (χ2n) is 4.58. The standard InChI is InChI=1S/C15H12Cl2N6/c16-10-5-4-9(7-11(10)17)22-14-13(18)15(21-8-20-14)23-12-3-1-2-6-19-12/h1-8H,18H2,(H2,19,20,21,22,23). The van der Waals surface area contributed by atoms with Gasteiger partial charge in [-0.3, -0.25) is 0 Å². The van der Waals surface area contributed by atoms with Crippen LogP contribution in [0.3, 0.4) is 0 Å². The highest BCUT2D eigenvalue weighted by Gasteiger charge is 2.09. The summed E-state index contributed by atoms with van der Waals surface area (Å²) in [5.41, 5.74) is 7.19. The summed E-state index contributed by atoms with van der Waals surface area (Å²) in [6.07, 6.45) is 3.08. The van der Waals surface area contributed by atoms with E-state index in [9.17, 15) is 0 Å². The highest BCUT2D eigenvalue weighted by Crippen LogP contribution is 2.30. The molecule has 0 bridgehead atoms. The van der Waals surface area contributed by atoms with Crippen LogP contribution in [0.4, 0.5) is 28.8 Å². The van der Waals surface area contributed by atoms with E-state index in [0.717, 1.165) is 0 Å². The van der Waals surface area contributed by atoms with E-state index in [2.05, 4.69) is 25.6 Å². The van der Waals surface area contributed by atoms with E-state index in [0.29, 0.717) is 38.9 Å². The van der Waals surface area contributed by atoms with Gasteiger partial charge in [-0.25, -0.2) is 15.0 Å². The van der Waals surface area contributed by atoms with E-state index >= 15 is 0 Å². The zero-order chi connectivity index (χ0) is 16.2. The van der Waals surface area contributed by atoms with E-state index in [1.54, 1.807) is 24.4 Å². The Morgan fingerprint density at radius 1 is 0.870 bits per heavy atom. The van der Waals surface area contributed by atoms with E-state index in [1.165, 1.54) is 6.33 Å². The molecule has 0 saturated heterocycles. The first-order valence-corrected chi connectivity index (χ1v) is 7.39. The first kappa shape index (κ1) is 15.3. The molecule has 1 aromatic carbocycles. The SMILES string of the molecule is Nc1c(Nc2ccc(Cl)c(Cl)c2)ncnc1Nc1ccccn1. The van der Waals surface area contributed by atoms with Crippen molar-refractivity contribution < 1.29 is 0 Å². The van der Waals surface area contributed by atoms with Crippen molar-refractivity contribution in [2.24, 2.45) is 0 Å². The Balaban J connectivity index is 1.86. The van der Waals surface area contributed by atoms with Crippen molar-refractivity contribution in [3.05, 3.63) is 59.0 Å². The molecule has 116 valence electrons. The van der Waals surface area contributed by atoms with Gasteiger partial charge in [-0.1, -0.05) is 29.3 Å². The summed E-state index contributed by atoms with van der Waals surface area (Å²) < 4.78 is 0. The Hall–Kier alpha value is -2.57. The van der Waals surface area contributed by atoms with Gasteiger partial charge in [0.2, 0.25) is 0 Å². The van der Waals surface area contributed by atoms with Gasteiger partial charge < -0.3 is 16.4 Å². The van der Waals surface area contributed by atoms with Crippen LogP contribution in [0.2, 0.25) is 10.0 Å². The van der Waals surface area contributed by atoms with Gasteiger partial charge in [-0.15, -0.1) is 0 Å². The number of hydrogen-bond donors (Lipinski definition) is 3. The van der Waals surface area contributed by atoms with Crippen LogP contribution in [0.1, 0.15) is 0 Å². The van der Waals surface area contributed by atoms with Crippen molar-refractivity contribution in [2.45, 2.75) is 0 Å². The number of anilines is 5. The van der Waals surface area contributed by atoms with E-state index < -0.39 is 0 Å². The van der Waals surface area contributed by atoms with Crippen LogP contribution >= 0.6 is 23.2 Å². The monoisotopic (exact) mass is 346 g/mol. The van der Waals surface area contributed by atoms with Crippen molar-refractivity contribution in [3.63, 3.8) is 0 Å². The van der Waals surface area contributed by atoms with Gasteiger partial charge in [0.1, 0.15) is 17.8 Å². The molecule has 2 aromatic heterocycles. The van der Waals surface area contributed by atoms with Crippen LogP contribution in [0, 0.1) is 0 Å². The second kappa shape index (κ2) is 6.68. The van der Waals surface area contributed by atoms with Gasteiger partial charge in [0.15, 0.2) is 11.6 Å². The van der Waals surface area contributed by atoms with Crippen LogP contribution in [0.15, 0.2) is 48.9 Å². The van der Waals surface area contributed by atoms with E-state index in [-0.39, 0.29) is 0 Å². The molecule has 6 nitrogen and oxygen atoms in total. The average Bonchev–Trinajstić information content (AvgIpc) is 2.56. The lowest BCUT2D eigenvalue weighted by molar-refractivity contribution is 1.16. The zero-order valence-electron chi connectivity index (χ0n) is 11.8. The molecule has 0 spiro atoms. The molecular formula is C15H12Cl2N6. The molecule has 4 N–H and O–H groups in total. The third-order valence-electron chi connectivity index (χ3n) is 2.98. The first-order valence-electron chi connectivity index (χ1n) is 6.64. The number of nitrogen functional groups attached to an aromatic ring is 1. The first-order chi connectivity index (χ1) is 11.1. The summed E-state index contributed by atoms with van der Waals surface area (Å²) >= 11 is 11.9. The molecule has 2 heterocycles. The van der Waals surface area contributed by atoms with Crippen LogP contribution in [-0.4, -0.2) is 15.0 Å². The summed E-state index contributed by atoms with van der Waals surface area (Å²) in [6.45, 7) is 0. The normalized spacial score (nSPS) is 10.3. The Kier molecular flexibility index (Phi) is 4.45. The van der Waals surface area contributed by atoms with Crippen LogP contribution in [0.5, 0.6) is 0 Å². The predicted molar refractivity (Wildman–Crippen MR) is 93.7 cm³/mol. The number of halogens is 2. The van der Waals surface area contributed by atoms with Gasteiger partial charge in [0.25, 0.3) is 0 Å². The molecule has 0 aliphatic carbocycles. The number of aromatic nitrogens is 3. The number of hydrogen-bond acceptors (Lipinski definition) is 6.